The number of imide groups is 1. The van der Waals surface area contributed by atoms with E-state index in [1.54, 1.807) is 7.11 Å². The molecule has 3 amide bonds. The van der Waals surface area contributed by atoms with Crippen LogP contribution < -0.4 is 10.1 Å². The van der Waals surface area contributed by atoms with Crippen molar-refractivity contribution in [3.05, 3.63) is 63.6 Å². The van der Waals surface area contributed by atoms with E-state index in [-0.39, 0.29) is 18.5 Å². The second-order valence-electron chi connectivity index (χ2n) is 6.34. The van der Waals surface area contributed by atoms with Gasteiger partial charge in [-0.2, -0.15) is 0 Å². The van der Waals surface area contributed by atoms with E-state index in [0.717, 1.165) is 27.6 Å². The number of halogens is 1. The number of nitrogens with zero attached hydrogens (tertiary/aromatic N) is 1. The Hall–Kier alpha value is -2.34. The standard InChI is InChI=1S/C19H17BrN2O3/c1-25-16-7-6-14(20)10-13(16)11-22-17(23)19(21-18(22)24)9-8-12-4-2-3-5-15(12)19/h2-7,10H,8-9,11H2,1H3,(H,21,24). The molecule has 1 unspecified atom stereocenters. The highest BCUT2D eigenvalue weighted by Gasteiger charge is 2.55. The molecule has 2 aromatic carbocycles. The van der Waals surface area contributed by atoms with E-state index in [0.29, 0.717) is 12.2 Å². The lowest BCUT2D eigenvalue weighted by molar-refractivity contribution is -0.132. The maximum atomic E-state index is 13.2. The molecule has 1 aliphatic heterocycles. The Balaban J connectivity index is 1.69. The number of aryl methyl sites for hydroxylation is 1. The van der Waals surface area contributed by atoms with Gasteiger partial charge in [-0.15, -0.1) is 0 Å². The Morgan fingerprint density at radius 3 is 2.84 bits per heavy atom. The van der Waals surface area contributed by atoms with Crippen LogP contribution in [0.5, 0.6) is 5.75 Å². The summed E-state index contributed by atoms with van der Waals surface area (Å²) in [7, 11) is 1.58. The fourth-order valence-corrected chi connectivity index (χ4v) is 4.18. The van der Waals surface area contributed by atoms with Crippen LogP contribution in [-0.2, 0) is 23.3 Å². The molecule has 1 atom stereocenters. The number of carbonyl (C=O) groups excluding carboxylic acids is 2. The Labute approximate surface area is 154 Å². The molecule has 4 rings (SSSR count). The molecule has 1 fully saturated rings. The molecule has 2 aliphatic rings. The van der Waals surface area contributed by atoms with E-state index in [9.17, 15) is 9.59 Å². The van der Waals surface area contributed by atoms with Gasteiger partial charge >= 0.3 is 6.03 Å². The monoisotopic (exact) mass is 400 g/mol. The second-order valence-corrected chi connectivity index (χ2v) is 7.26. The molecule has 128 valence electrons. The lowest BCUT2D eigenvalue weighted by atomic mass is 9.92. The molecule has 1 N–H and O–H groups in total. The van der Waals surface area contributed by atoms with Crippen LogP contribution in [0.15, 0.2) is 46.9 Å². The number of urea groups is 1. The highest BCUT2D eigenvalue weighted by molar-refractivity contribution is 9.10. The van der Waals surface area contributed by atoms with Crippen LogP contribution in [0.3, 0.4) is 0 Å². The summed E-state index contributed by atoms with van der Waals surface area (Å²) >= 11 is 3.43. The van der Waals surface area contributed by atoms with Gasteiger partial charge in [0, 0.05) is 10.0 Å². The van der Waals surface area contributed by atoms with E-state index in [1.165, 1.54) is 4.90 Å². The third-order valence-corrected chi connectivity index (χ3v) is 5.49. The predicted octanol–water partition coefficient (Wildman–Crippen LogP) is 3.35. The van der Waals surface area contributed by atoms with Gasteiger partial charge in [0.05, 0.1) is 13.7 Å². The van der Waals surface area contributed by atoms with Crippen molar-refractivity contribution in [2.24, 2.45) is 0 Å². The highest BCUT2D eigenvalue weighted by atomic mass is 79.9. The molecule has 5 nitrogen and oxygen atoms in total. The molecule has 2 aromatic rings. The van der Waals surface area contributed by atoms with Gasteiger partial charge in [0.2, 0.25) is 0 Å². The van der Waals surface area contributed by atoms with Crippen LogP contribution in [0, 0.1) is 0 Å². The van der Waals surface area contributed by atoms with Crippen LogP contribution >= 0.6 is 15.9 Å². The Morgan fingerprint density at radius 2 is 2.04 bits per heavy atom. The Kier molecular flexibility index (Phi) is 3.80. The van der Waals surface area contributed by atoms with Gasteiger partial charge in [0.25, 0.3) is 5.91 Å². The van der Waals surface area contributed by atoms with Crippen LogP contribution in [0.2, 0.25) is 0 Å². The van der Waals surface area contributed by atoms with Crippen molar-refractivity contribution in [1.82, 2.24) is 10.2 Å². The van der Waals surface area contributed by atoms with Crippen LogP contribution in [0.4, 0.5) is 4.79 Å². The second kappa shape index (κ2) is 5.88. The summed E-state index contributed by atoms with van der Waals surface area (Å²) in [5.41, 5.74) is 1.89. The molecule has 0 saturated carbocycles. The lowest BCUT2D eigenvalue weighted by Crippen LogP contribution is -2.41. The zero-order valence-corrected chi connectivity index (χ0v) is 15.3. The quantitative estimate of drug-likeness (QED) is 0.803. The van der Waals surface area contributed by atoms with Crippen molar-refractivity contribution in [3.8, 4) is 5.75 Å². The lowest BCUT2D eigenvalue weighted by Gasteiger charge is -2.22. The minimum absolute atomic E-state index is 0.178. The van der Waals surface area contributed by atoms with Crippen LogP contribution in [-0.4, -0.2) is 23.9 Å². The summed E-state index contributed by atoms with van der Waals surface area (Å²) in [5.74, 6) is 0.459. The Morgan fingerprint density at radius 1 is 1.24 bits per heavy atom. The first kappa shape index (κ1) is 16.1. The van der Waals surface area contributed by atoms with E-state index >= 15 is 0 Å². The number of ether oxygens (including phenoxy) is 1. The highest BCUT2D eigenvalue weighted by Crippen LogP contribution is 2.42. The SMILES string of the molecule is COc1ccc(Br)cc1CN1C(=O)NC2(CCc3ccccc32)C1=O. The minimum Gasteiger partial charge on any atom is -0.496 e. The van der Waals surface area contributed by atoms with Gasteiger partial charge in [0.1, 0.15) is 11.3 Å². The zero-order chi connectivity index (χ0) is 17.6. The number of carbonyl (C=O) groups is 2. The molecule has 0 aromatic heterocycles. The molecule has 0 radical (unpaired) electrons. The maximum Gasteiger partial charge on any atom is 0.325 e. The minimum atomic E-state index is -0.924. The molecule has 25 heavy (non-hydrogen) atoms. The first-order chi connectivity index (χ1) is 12.0. The average molecular weight is 401 g/mol. The number of fused-ring (bicyclic) bond motifs is 2. The van der Waals surface area contributed by atoms with Crippen LogP contribution in [0.1, 0.15) is 23.1 Å². The molecule has 1 saturated heterocycles. The summed E-state index contributed by atoms with van der Waals surface area (Å²) in [6.45, 7) is 0.178. The van der Waals surface area contributed by atoms with Gasteiger partial charge in [-0.1, -0.05) is 40.2 Å². The van der Waals surface area contributed by atoms with Crippen LogP contribution in [0.25, 0.3) is 0 Å². The number of amides is 3. The zero-order valence-electron chi connectivity index (χ0n) is 13.7. The van der Waals surface area contributed by atoms with Crippen molar-refractivity contribution < 1.29 is 14.3 Å². The first-order valence-corrected chi connectivity index (χ1v) is 8.89. The smallest absolute Gasteiger partial charge is 0.325 e. The molecular formula is C19H17BrN2O3. The van der Waals surface area contributed by atoms with Gasteiger partial charge in [-0.05, 0) is 42.2 Å². The number of nitrogens with one attached hydrogen (secondary N) is 1. The molecular weight excluding hydrogens is 384 g/mol. The fourth-order valence-electron chi connectivity index (χ4n) is 3.77. The van der Waals surface area contributed by atoms with E-state index in [4.69, 9.17) is 4.74 Å². The summed E-state index contributed by atoms with van der Waals surface area (Å²) in [5, 5.41) is 2.94. The van der Waals surface area contributed by atoms with Crippen molar-refractivity contribution in [2.75, 3.05) is 7.11 Å². The predicted molar refractivity (Wildman–Crippen MR) is 96.2 cm³/mol. The van der Waals surface area contributed by atoms with E-state index in [2.05, 4.69) is 21.2 Å². The summed E-state index contributed by atoms with van der Waals surface area (Å²) in [6.07, 6.45) is 1.39. The normalized spacial score (nSPS) is 21.6. The summed E-state index contributed by atoms with van der Waals surface area (Å²) in [4.78, 5) is 27.1. The molecule has 0 bridgehead atoms. The van der Waals surface area contributed by atoms with Gasteiger partial charge in [-0.3, -0.25) is 9.69 Å². The molecule has 6 heteroatoms. The number of rotatable bonds is 3. The Bertz CT molecular complexity index is 883. The molecule has 1 spiro atoms. The average Bonchev–Trinajstić information content (AvgIpc) is 3.09. The largest absolute Gasteiger partial charge is 0.496 e. The van der Waals surface area contributed by atoms with Gasteiger partial charge in [-0.25, -0.2) is 4.79 Å². The third kappa shape index (κ3) is 2.43. The number of hydrogen-bond donors (Lipinski definition) is 1. The van der Waals surface area contributed by atoms with Crippen molar-refractivity contribution in [1.29, 1.82) is 0 Å². The molecule has 1 heterocycles. The van der Waals surface area contributed by atoms with E-state index in [1.807, 2.05) is 42.5 Å². The van der Waals surface area contributed by atoms with Crippen molar-refractivity contribution >= 4 is 27.9 Å². The third-order valence-electron chi connectivity index (χ3n) is 4.99. The fraction of sp³-hybridized carbons (Fsp3) is 0.263. The van der Waals surface area contributed by atoms with Crippen molar-refractivity contribution in [2.45, 2.75) is 24.9 Å². The topological polar surface area (TPSA) is 58.6 Å². The first-order valence-electron chi connectivity index (χ1n) is 8.10. The maximum absolute atomic E-state index is 13.2. The number of hydrogen-bond acceptors (Lipinski definition) is 3. The van der Waals surface area contributed by atoms with E-state index < -0.39 is 5.54 Å². The summed E-state index contributed by atoms with van der Waals surface area (Å²) in [6, 6.07) is 13.0. The molecule has 1 aliphatic carbocycles. The summed E-state index contributed by atoms with van der Waals surface area (Å²) < 4.78 is 6.24. The number of benzene rings is 2. The van der Waals surface area contributed by atoms with Crippen molar-refractivity contribution in [3.63, 3.8) is 0 Å². The van der Waals surface area contributed by atoms with Gasteiger partial charge < -0.3 is 10.1 Å². The van der Waals surface area contributed by atoms with Gasteiger partial charge in [0.15, 0.2) is 0 Å². The number of methoxy groups -OCH3 is 1.